The molecule has 0 saturated carbocycles. The van der Waals surface area contributed by atoms with Crippen LogP contribution in [0.2, 0.25) is 0 Å². The highest BCUT2D eigenvalue weighted by Gasteiger charge is 2.43. The second kappa shape index (κ2) is 9.61. The van der Waals surface area contributed by atoms with E-state index in [4.69, 9.17) is 8.83 Å². The Bertz CT molecular complexity index is 2880. The van der Waals surface area contributed by atoms with E-state index in [1.807, 2.05) is 24.3 Å². The summed E-state index contributed by atoms with van der Waals surface area (Å²) in [6.45, 7) is 4.85. The van der Waals surface area contributed by atoms with Gasteiger partial charge in [-0.3, -0.25) is 0 Å². The normalized spacial score (nSPS) is 16.9. The average molecular weight is 629 g/mol. The first-order chi connectivity index (χ1) is 24.1. The topological polar surface area (TPSA) is 26.3 Å². The molecule has 0 spiro atoms. The smallest absolute Gasteiger partial charge is 0.136 e. The van der Waals surface area contributed by atoms with Gasteiger partial charge in [0.1, 0.15) is 22.3 Å². The molecule has 49 heavy (non-hydrogen) atoms. The number of para-hydroxylation sites is 1. The highest BCUT2D eigenvalue weighted by Crippen LogP contribution is 2.56. The average Bonchev–Trinajstić information content (AvgIpc) is 3.77. The molecule has 7 aromatic carbocycles. The summed E-state index contributed by atoms with van der Waals surface area (Å²) < 4.78 is 12.7. The lowest BCUT2D eigenvalue weighted by atomic mass is 9.71. The number of benzene rings is 7. The van der Waals surface area contributed by atoms with Crippen molar-refractivity contribution in [3.63, 3.8) is 0 Å². The summed E-state index contributed by atoms with van der Waals surface area (Å²) in [5.41, 5.74) is 13.2. The third kappa shape index (κ3) is 3.61. The van der Waals surface area contributed by atoms with Crippen molar-refractivity contribution in [1.82, 2.24) is 0 Å². The molecule has 0 aliphatic heterocycles. The highest BCUT2D eigenvalue weighted by molar-refractivity contribution is 6.27. The summed E-state index contributed by atoms with van der Waals surface area (Å²) in [5, 5.41) is 9.59. The van der Waals surface area contributed by atoms with Crippen molar-refractivity contribution in [2.45, 2.75) is 25.7 Å². The fourth-order valence-corrected chi connectivity index (χ4v) is 9.32. The van der Waals surface area contributed by atoms with Crippen molar-refractivity contribution in [3.8, 4) is 11.1 Å². The Kier molecular flexibility index (Phi) is 5.32. The summed E-state index contributed by atoms with van der Waals surface area (Å²) in [4.78, 5) is 0. The van der Waals surface area contributed by atoms with E-state index in [1.54, 1.807) is 0 Å². The third-order valence-corrected chi connectivity index (χ3v) is 11.6. The number of hydrogen-bond donors (Lipinski definition) is 0. The van der Waals surface area contributed by atoms with Crippen LogP contribution in [0.15, 0.2) is 148 Å². The van der Waals surface area contributed by atoms with Crippen molar-refractivity contribution in [2.75, 3.05) is 0 Å². The van der Waals surface area contributed by atoms with Crippen LogP contribution in [0, 0.1) is 5.92 Å². The Labute approximate surface area is 283 Å². The summed E-state index contributed by atoms with van der Waals surface area (Å²) in [6.07, 6.45) is 5.83. The van der Waals surface area contributed by atoms with E-state index >= 15 is 0 Å². The van der Waals surface area contributed by atoms with Gasteiger partial charge >= 0.3 is 0 Å². The third-order valence-electron chi connectivity index (χ3n) is 11.6. The fourth-order valence-electron chi connectivity index (χ4n) is 9.32. The maximum atomic E-state index is 6.46. The Morgan fingerprint density at radius 2 is 1.06 bits per heavy atom. The number of furan rings is 2. The maximum absolute atomic E-state index is 6.46. The first-order valence-corrected chi connectivity index (χ1v) is 17.3. The van der Waals surface area contributed by atoms with Crippen LogP contribution >= 0.6 is 0 Å². The first-order valence-electron chi connectivity index (χ1n) is 17.3. The van der Waals surface area contributed by atoms with Gasteiger partial charge in [-0.15, -0.1) is 0 Å². The molecular weight excluding hydrogens is 597 g/mol. The zero-order chi connectivity index (χ0) is 32.4. The van der Waals surface area contributed by atoms with Crippen LogP contribution < -0.4 is 0 Å². The van der Waals surface area contributed by atoms with Gasteiger partial charge in [0.15, 0.2) is 0 Å². The Hall–Kier alpha value is -5.86. The van der Waals surface area contributed by atoms with Gasteiger partial charge in [0.25, 0.3) is 0 Å². The van der Waals surface area contributed by atoms with Gasteiger partial charge < -0.3 is 8.83 Å². The molecule has 2 aliphatic carbocycles. The molecule has 2 aromatic heterocycles. The number of allylic oxidation sites excluding steroid dienone is 4. The van der Waals surface area contributed by atoms with Crippen molar-refractivity contribution in [2.24, 2.45) is 5.92 Å². The number of fused-ring (bicyclic) bond motifs is 12. The van der Waals surface area contributed by atoms with Crippen LogP contribution in [-0.2, 0) is 5.41 Å². The molecule has 0 amide bonds. The molecule has 0 radical (unpaired) electrons. The Balaban J connectivity index is 1.17. The minimum atomic E-state index is 0.0714. The van der Waals surface area contributed by atoms with E-state index < -0.39 is 0 Å². The lowest BCUT2D eigenvalue weighted by molar-refractivity contribution is 0.418. The number of hydrogen-bond acceptors (Lipinski definition) is 2. The molecule has 232 valence electrons. The largest absolute Gasteiger partial charge is 0.456 e. The lowest BCUT2D eigenvalue weighted by Gasteiger charge is -2.32. The van der Waals surface area contributed by atoms with E-state index in [9.17, 15) is 0 Å². The molecule has 9 aromatic rings. The minimum absolute atomic E-state index is 0.0714. The summed E-state index contributed by atoms with van der Waals surface area (Å²) >= 11 is 0. The van der Waals surface area contributed by atoms with Crippen LogP contribution in [0.25, 0.3) is 87.7 Å². The highest BCUT2D eigenvalue weighted by atomic mass is 16.3. The van der Waals surface area contributed by atoms with Crippen LogP contribution in [0.4, 0.5) is 0 Å². The van der Waals surface area contributed by atoms with Gasteiger partial charge in [-0.05, 0) is 109 Å². The molecule has 11 rings (SSSR count). The molecule has 0 bridgehead atoms. The van der Waals surface area contributed by atoms with Gasteiger partial charge in [-0.2, -0.15) is 0 Å². The lowest BCUT2D eigenvalue weighted by Crippen LogP contribution is -2.24. The molecule has 0 fully saturated rings. The molecule has 0 saturated heterocycles. The zero-order valence-corrected chi connectivity index (χ0v) is 27.4. The summed E-state index contributed by atoms with van der Waals surface area (Å²) in [7, 11) is 0. The zero-order valence-electron chi connectivity index (χ0n) is 27.4. The van der Waals surface area contributed by atoms with Crippen molar-refractivity contribution < 1.29 is 8.83 Å². The van der Waals surface area contributed by atoms with Gasteiger partial charge in [-0.1, -0.05) is 123 Å². The molecule has 1 atom stereocenters. The van der Waals surface area contributed by atoms with Crippen molar-refractivity contribution in [1.29, 1.82) is 0 Å². The Morgan fingerprint density at radius 1 is 0.510 bits per heavy atom. The van der Waals surface area contributed by atoms with Gasteiger partial charge in [0, 0.05) is 21.5 Å². The monoisotopic (exact) mass is 628 g/mol. The minimum Gasteiger partial charge on any atom is -0.456 e. The van der Waals surface area contributed by atoms with Crippen molar-refractivity contribution >= 4 is 76.6 Å². The molecule has 2 nitrogen and oxygen atoms in total. The van der Waals surface area contributed by atoms with E-state index in [-0.39, 0.29) is 5.41 Å². The standard InChI is InChI=1S/C47H32O2/c1-47(2)37-17-9-7-11-29(37)30-21-19-28(26-38(30)47)44-33-14-5-3-12-31(33)43(32-13-4-6-15-34(32)44)27-20-22-40-36(25-27)46-42(49-40)24-23-41-45(46)35-16-8-10-18-39(35)48-41/h3-25,38H,26H2,1-2H3. The van der Waals surface area contributed by atoms with Crippen LogP contribution in [0.1, 0.15) is 37.0 Å². The molecular formula is C47H32O2. The van der Waals surface area contributed by atoms with Crippen LogP contribution in [-0.4, -0.2) is 0 Å². The summed E-state index contributed by atoms with van der Waals surface area (Å²) in [6, 6.07) is 46.1. The predicted molar refractivity (Wildman–Crippen MR) is 205 cm³/mol. The Morgan fingerprint density at radius 3 is 1.78 bits per heavy atom. The van der Waals surface area contributed by atoms with Gasteiger partial charge in [0.2, 0.25) is 0 Å². The summed E-state index contributed by atoms with van der Waals surface area (Å²) in [5.74, 6) is 0.440. The first kappa shape index (κ1) is 27.1. The van der Waals surface area contributed by atoms with Gasteiger partial charge in [-0.25, -0.2) is 0 Å². The molecule has 2 heterocycles. The van der Waals surface area contributed by atoms with E-state index in [1.165, 1.54) is 60.5 Å². The quantitative estimate of drug-likeness (QED) is 0.178. The van der Waals surface area contributed by atoms with E-state index in [2.05, 4.69) is 129 Å². The molecule has 0 N–H and O–H groups in total. The van der Waals surface area contributed by atoms with Gasteiger partial charge in [0.05, 0.1) is 0 Å². The molecule has 1 unspecified atom stereocenters. The van der Waals surface area contributed by atoms with Crippen LogP contribution in [0.3, 0.4) is 0 Å². The van der Waals surface area contributed by atoms with E-state index in [0.717, 1.165) is 50.3 Å². The maximum Gasteiger partial charge on any atom is 0.136 e. The second-order valence-electron chi connectivity index (χ2n) is 14.4. The van der Waals surface area contributed by atoms with Crippen molar-refractivity contribution in [3.05, 3.63) is 156 Å². The second-order valence-corrected chi connectivity index (χ2v) is 14.4. The molecule has 2 heteroatoms. The SMILES string of the molecule is CC1(C)c2ccccc2C2=CC=C(c3c4ccccc4c(-c4ccc5oc6ccc7oc8ccccc8c7c6c5c4)c4ccccc34)CC21. The van der Waals surface area contributed by atoms with E-state index in [0.29, 0.717) is 5.92 Å². The van der Waals surface area contributed by atoms with Crippen LogP contribution in [0.5, 0.6) is 0 Å². The molecule has 2 aliphatic rings. The predicted octanol–water partition coefficient (Wildman–Crippen LogP) is 13.2. The fraction of sp³-hybridized carbons (Fsp3) is 0.106. The number of rotatable bonds is 2.